The maximum Gasteiger partial charge on any atom is 0.331 e. The van der Waals surface area contributed by atoms with E-state index in [1.165, 1.54) is 7.11 Å². The van der Waals surface area contributed by atoms with Gasteiger partial charge in [0.05, 0.1) is 7.11 Å². The van der Waals surface area contributed by atoms with Crippen molar-refractivity contribution in [1.29, 1.82) is 0 Å². The van der Waals surface area contributed by atoms with Crippen LogP contribution in [0, 0.1) is 6.92 Å². The SMILES string of the molecule is C=C(C)c1ccc(OCc2c(OC)cccc2C2(C(=O)O)C=CC(C)=C(C(=O)O)C2)c(C)c1. The fourth-order valence-electron chi connectivity index (χ4n) is 4.09. The Bertz CT molecular complexity index is 1190. The van der Waals surface area contributed by atoms with Gasteiger partial charge in [-0.3, -0.25) is 4.79 Å². The van der Waals surface area contributed by atoms with E-state index in [-0.39, 0.29) is 18.6 Å². The number of allylic oxidation sites excluding steroid dienone is 3. The molecule has 0 fully saturated rings. The van der Waals surface area contributed by atoms with Crippen molar-refractivity contribution in [2.75, 3.05) is 7.11 Å². The van der Waals surface area contributed by atoms with Crippen LogP contribution in [-0.2, 0) is 21.6 Å². The van der Waals surface area contributed by atoms with E-state index in [1.54, 1.807) is 37.3 Å². The van der Waals surface area contributed by atoms with Crippen LogP contribution in [0.25, 0.3) is 5.57 Å². The first-order valence-electron chi connectivity index (χ1n) is 10.5. The summed E-state index contributed by atoms with van der Waals surface area (Å²) in [5.41, 5.74) is 2.92. The second kappa shape index (κ2) is 9.36. The van der Waals surface area contributed by atoms with Gasteiger partial charge in [-0.25, -0.2) is 4.79 Å². The molecule has 1 atom stereocenters. The van der Waals surface area contributed by atoms with E-state index in [1.807, 2.05) is 32.0 Å². The van der Waals surface area contributed by atoms with Crippen molar-refractivity contribution in [3.05, 3.63) is 88.5 Å². The standard InChI is InChI=1S/C27H28O6/c1-16(2)19-9-10-23(18(4)13-19)33-15-21-22(7-6-8-24(21)32-5)27(26(30)31)12-11-17(3)20(14-27)25(28)29/h6-13H,1,14-15H2,2-5H3,(H,28,29)(H,30,31). The van der Waals surface area contributed by atoms with E-state index in [2.05, 4.69) is 6.58 Å². The first kappa shape index (κ1) is 23.9. The highest BCUT2D eigenvalue weighted by Crippen LogP contribution is 2.42. The molecule has 0 spiro atoms. The minimum absolute atomic E-state index is 0.0561. The van der Waals surface area contributed by atoms with Crippen LogP contribution >= 0.6 is 0 Å². The van der Waals surface area contributed by atoms with E-state index in [4.69, 9.17) is 9.47 Å². The molecule has 0 radical (unpaired) electrons. The number of ether oxygens (including phenoxy) is 2. The number of benzene rings is 2. The van der Waals surface area contributed by atoms with Gasteiger partial charge < -0.3 is 19.7 Å². The van der Waals surface area contributed by atoms with Crippen LogP contribution in [-0.4, -0.2) is 29.3 Å². The van der Waals surface area contributed by atoms with Crippen LogP contribution in [0.1, 0.15) is 42.5 Å². The largest absolute Gasteiger partial charge is 0.496 e. The number of methoxy groups -OCH3 is 1. The number of carboxylic acids is 2. The fourth-order valence-corrected chi connectivity index (χ4v) is 4.09. The van der Waals surface area contributed by atoms with Gasteiger partial charge in [0.1, 0.15) is 23.5 Å². The number of aliphatic carboxylic acids is 2. The number of rotatable bonds is 8. The third-order valence-corrected chi connectivity index (χ3v) is 6.06. The molecule has 6 nitrogen and oxygen atoms in total. The van der Waals surface area contributed by atoms with Crippen LogP contribution in [0.2, 0.25) is 0 Å². The van der Waals surface area contributed by atoms with Crippen LogP contribution in [0.5, 0.6) is 11.5 Å². The van der Waals surface area contributed by atoms with Gasteiger partial charge in [-0.05, 0) is 61.2 Å². The third-order valence-electron chi connectivity index (χ3n) is 6.06. The molecule has 33 heavy (non-hydrogen) atoms. The van der Waals surface area contributed by atoms with Gasteiger partial charge in [0.15, 0.2) is 0 Å². The number of aryl methyl sites for hydroxylation is 1. The van der Waals surface area contributed by atoms with Gasteiger partial charge in [0.25, 0.3) is 0 Å². The molecule has 2 N–H and O–H groups in total. The average Bonchev–Trinajstić information content (AvgIpc) is 2.78. The number of carboxylic acid groups (broad SMARTS) is 2. The van der Waals surface area contributed by atoms with Crippen molar-refractivity contribution < 1.29 is 29.3 Å². The van der Waals surface area contributed by atoms with E-state index >= 15 is 0 Å². The zero-order valence-corrected chi connectivity index (χ0v) is 19.3. The third kappa shape index (κ3) is 4.55. The Hall–Kier alpha value is -3.80. The molecule has 2 aromatic rings. The Labute approximate surface area is 193 Å². The molecule has 1 unspecified atom stereocenters. The lowest BCUT2D eigenvalue weighted by Gasteiger charge is -2.32. The molecule has 172 valence electrons. The molecule has 0 aliphatic heterocycles. The van der Waals surface area contributed by atoms with Gasteiger partial charge in [0, 0.05) is 17.6 Å². The summed E-state index contributed by atoms with van der Waals surface area (Å²) < 4.78 is 11.6. The first-order valence-corrected chi connectivity index (χ1v) is 10.5. The molecule has 0 saturated heterocycles. The second-order valence-corrected chi connectivity index (χ2v) is 8.29. The summed E-state index contributed by atoms with van der Waals surface area (Å²) in [4.78, 5) is 24.4. The lowest BCUT2D eigenvalue weighted by atomic mass is 9.70. The zero-order chi connectivity index (χ0) is 24.3. The highest BCUT2D eigenvalue weighted by atomic mass is 16.5. The Morgan fingerprint density at radius 3 is 2.42 bits per heavy atom. The zero-order valence-electron chi connectivity index (χ0n) is 19.3. The number of hydrogen-bond acceptors (Lipinski definition) is 4. The smallest absolute Gasteiger partial charge is 0.331 e. The van der Waals surface area contributed by atoms with Gasteiger partial charge in [-0.1, -0.05) is 42.5 Å². The molecule has 1 aliphatic carbocycles. The average molecular weight is 449 g/mol. The molecule has 0 bridgehead atoms. The van der Waals surface area contributed by atoms with Crippen molar-refractivity contribution in [3.8, 4) is 11.5 Å². The highest BCUT2D eigenvalue weighted by Gasteiger charge is 2.44. The van der Waals surface area contributed by atoms with Crippen LogP contribution in [0.3, 0.4) is 0 Å². The predicted octanol–water partition coefficient (Wildman–Crippen LogP) is 5.30. The lowest BCUT2D eigenvalue weighted by molar-refractivity contribution is -0.142. The molecule has 0 saturated carbocycles. The Morgan fingerprint density at radius 1 is 1.12 bits per heavy atom. The van der Waals surface area contributed by atoms with Crippen LogP contribution < -0.4 is 9.47 Å². The van der Waals surface area contributed by atoms with E-state index in [0.717, 1.165) is 16.7 Å². The van der Waals surface area contributed by atoms with Crippen molar-refractivity contribution >= 4 is 17.5 Å². The summed E-state index contributed by atoms with van der Waals surface area (Å²) in [6.07, 6.45) is 2.94. The number of carbonyl (C=O) groups is 2. The van der Waals surface area contributed by atoms with Crippen molar-refractivity contribution in [2.45, 2.75) is 39.2 Å². The first-order chi connectivity index (χ1) is 15.6. The second-order valence-electron chi connectivity index (χ2n) is 8.29. The summed E-state index contributed by atoms with van der Waals surface area (Å²) >= 11 is 0. The molecule has 0 heterocycles. The Morgan fingerprint density at radius 2 is 1.85 bits per heavy atom. The van der Waals surface area contributed by atoms with E-state index in [0.29, 0.717) is 28.2 Å². The van der Waals surface area contributed by atoms with Crippen LogP contribution in [0.15, 0.2) is 66.3 Å². The van der Waals surface area contributed by atoms with Gasteiger partial charge in [-0.15, -0.1) is 0 Å². The maximum atomic E-state index is 12.6. The van der Waals surface area contributed by atoms with Gasteiger partial charge in [-0.2, -0.15) is 0 Å². The molecule has 6 heteroatoms. The quantitative estimate of drug-likeness (QED) is 0.569. The molecule has 1 aliphatic rings. The van der Waals surface area contributed by atoms with Crippen molar-refractivity contribution in [2.24, 2.45) is 0 Å². The van der Waals surface area contributed by atoms with Crippen molar-refractivity contribution in [1.82, 2.24) is 0 Å². The molecular formula is C27H28O6. The van der Waals surface area contributed by atoms with Gasteiger partial charge in [0.2, 0.25) is 0 Å². The normalized spacial score (nSPS) is 17.6. The topological polar surface area (TPSA) is 93.1 Å². The van der Waals surface area contributed by atoms with Crippen LogP contribution in [0.4, 0.5) is 0 Å². The summed E-state index contributed by atoms with van der Waals surface area (Å²) in [5, 5.41) is 19.9. The highest BCUT2D eigenvalue weighted by molar-refractivity contribution is 5.94. The monoisotopic (exact) mass is 448 g/mol. The Balaban J connectivity index is 2.06. The van der Waals surface area contributed by atoms with Gasteiger partial charge >= 0.3 is 11.9 Å². The molecule has 3 rings (SSSR count). The minimum atomic E-state index is -1.56. The molecule has 0 amide bonds. The van der Waals surface area contributed by atoms with E-state index in [9.17, 15) is 19.8 Å². The number of hydrogen-bond donors (Lipinski definition) is 2. The molecule has 0 aromatic heterocycles. The molecular weight excluding hydrogens is 420 g/mol. The minimum Gasteiger partial charge on any atom is -0.496 e. The summed E-state index contributed by atoms with van der Waals surface area (Å²) in [5.74, 6) is -1.14. The summed E-state index contributed by atoms with van der Waals surface area (Å²) in [6, 6.07) is 10.9. The maximum absolute atomic E-state index is 12.6. The summed E-state index contributed by atoms with van der Waals surface area (Å²) in [7, 11) is 1.51. The molecule has 2 aromatic carbocycles. The lowest BCUT2D eigenvalue weighted by Crippen LogP contribution is -2.38. The fraction of sp³-hybridized carbons (Fsp3) is 0.259. The summed E-state index contributed by atoms with van der Waals surface area (Å²) in [6.45, 7) is 9.54. The van der Waals surface area contributed by atoms with E-state index < -0.39 is 17.4 Å². The predicted molar refractivity (Wildman–Crippen MR) is 127 cm³/mol. The Kier molecular flexibility index (Phi) is 6.77. The van der Waals surface area contributed by atoms with Crippen molar-refractivity contribution in [3.63, 3.8) is 0 Å².